The van der Waals surface area contributed by atoms with Gasteiger partial charge in [0.15, 0.2) is 0 Å². The molecule has 0 unspecified atom stereocenters. The van der Waals surface area contributed by atoms with Gasteiger partial charge in [-0.25, -0.2) is 0 Å². The molecular formula is C38H48O5S. The zero-order valence-corrected chi connectivity index (χ0v) is 27.0. The average Bonchev–Trinajstić information content (AvgIpc) is 3.06. The van der Waals surface area contributed by atoms with Crippen LogP contribution in [0.4, 0.5) is 0 Å². The third-order valence-corrected chi connectivity index (χ3v) is 12.6. The summed E-state index contributed by atoms with van der Waals surface area (Å²) in [6.07, 6.45) is 18.7. The lowest BCUT2D eigenvalue weighted by Crippen LogP contribution is -2.20. The molecule has 6 rings (SSSR count). The number of hydrogen-bond acceptors (Lipinski definition) is 5. The predicted octanol–water partition coefficient (Wildman–Crippen LogP) is 10.6. The number of rotatable bonds is 10. The molecule has 5 nitrogen and oxygen atoms in total. The second-order valence-electron chi connectivity index (χ2n) is 12.7. The molecule has 0 bridgehead atoms. The fraction of sp³-hybridized carbons (Fsp3) is 0.500. The molecule has 0 N–H and O–H groups in total. The number of hydrogen-bond donors (Lipinski definition) is 0. The summed E-state index contributed by atoms with van der Waals surface area (Å²) in [4.78, 5) is 15.7. The van der Waals surface area contributed by atoms with Crippen LogP contribution in [0.25, 0.3) is 0 Å². The number of benzene rings is 3. The fourth-order valence-electron chi connectivity index (χ4n) is 6.98. The highest BCUT2D eigenvalue weighted by molar-refractivity contribution is 8.30. The van der Waals surface area contributed by atoms with E-state index in [4.69, 9.17) is 18.4 Å². The third kappa shape index (κ3) is 7.56. The summed E-state index contributed by atoms with van der Waals surface area (Å²) in [6, 6.07) is 24.7. The van der Waals surface area contributed by atoms with Crippen molar-refractivity contribution in [2.75, 3.05) is 0 Å². The molecule has 3 aliphatic rings. The van der Waals surface area contributed by atoms with Gasteiger partial charge in [0, 0.05) is 21.6 Å². The first-order chi connectivity index (χ1) is 21.6. The molecule has 0 saturated heterocycles. The van der Waals surface area contributed by atoms with Gasteiger partial charge in [0.1, 0.15) is 17.2 Å². The Kier molecular flexibility index (Phi) is 10.4. The zero-order chi connectivity index (χ0) is 30.2. The van der Waals surface area contributed by atoms with Crippen LogP contribution in [-0.4, -0.2) is 24.3 Å². The van der Waals surface area contributed by atoms with Crippen molar-refractivity contribution in [1.29, 1.82) is 0 Å². The summed E-state index contributed by atoms with van der Waals surface area (Å²) in [5.74, 6) is 2.28. The Labute approximate surface area is 265 Å². The van der Waals surface area contributed by atoms with Crippen molar-refractivity contribution in [1.82, 2.24) is 0 Å². The van der Waals surface area contributed by atoms with E-state index in [1.807, 2.05) is 36.4 Å². The summed E-state index contributed by atoms with van der Waals surface area (Å²) >= 11 is 0. The van der Waals surface area contributed by atoms with Crippen LogP contribution in [0.2, 0.25) is 0 Å². The molecule has 0 spiro atoms. The highest BCUT2D eigenvalue weighted by atomic mass is 32.3. The lowest BCUT2D eigenvalue weighted by atomic mass is 9.98. The molecule has 3 aromatic carbocycles. The Bertz CT molecular complexity index is 1170. The van der Waals surface area contributed by atoms with E-state index in [0.717, 1.165) is 70.5 Å². The monoisotopic (exact) mass is 616 g/mol. The third-order valence-electron chi connectivity index (χ3n) is 9.27. The molecule has 0 heterocycles. The van der Waals surface area contributed by atoms with Crippen LogP contribution < -0.4 is 14.2 Å². The summed E-state index contributed by atoms with van der Waals surface area (Å²) in [7, 11) is -2.40. The standard InChI is InChI=1S/C38H48O5S/c1-29(39)43-44(36-23-17-33(18-24-36)40-30-11-5-2-6-12-30,37-25-19-34(20-26-37)41-31-13-7-3-8-14-31)38-27-21-35(22-28-38)42-32-15-9-4-10-16-32/h17-28,30-32H,2-16H2,1H3. The van der Waals surface area contributed by atoms with Crippen LogP contribution in [-0.2, 0) is 8.98 Å². The Morgan fingerprint density at radius 3 is 1.00 bits per heavy atom. The smallest absolute Gasteiger partial charge is 0.313 e. The van der Waals surface area contributed by atoms with Crippen LogP contribution in [0.5, 0.6) is 17.2 Å². The molecular weight excluding hydrogens is 568 g/mol. The second-order valence-corrected chi connectivity index (χ2v) is 15.4. The lowest BCUT2D eigenvalue weighted by Gasteiger charge is -2.39. The molecule has 0 aromatic heterocycles. The number of carbonyl (C=O) groups excluding carboxylic acids is 1. The Morgan fingerprint density at radius 2 is 0.750 bits per heavy atom. The lowest BCUT2D eigenvalue weighted by molar-refractivity contribution is -0.131. The average molecular weight is 617 g/mol. The Morgan fingerprint density at radius 1 is 0.477 bits per heavy atom. The van der Waals surface area contributed by atoms with Gasteiger partial charge >= 0.3 is 5.97 Å². The largest absolute Gasteiger partial charge is 0.490 e. The highest BCUT2D eigenvalue weighted by Crippen LogP contribution is 2.69. The van der Waals surface area contributed by atoms with Crippen molar-refractivity contribution in [2.24, 2.45) is 0 Å². The molecule has 236 valence electrons. The van der Waals surface area contributed by atoms with Gasteiger partial charge in [-0.1, -0.05) is 19.3 Å². The van der Waals surface area contributed by atoms with Crippen molar-refractivity contribution >= 4 is 16.3 Å². The quantitative estimate of drug-likeness (QED) is 0.227. The second kappa shape index (κ2) is 14.8. The van der Waals surface area contributed by atoms with Gasteiger partial charge in [0.05, 0.1) is 18.3 Å². The maximum Gasteiger partial charge on any atom is 0.313 e. The minimum absolute atomic E-state index is 0.272. The molecule has 44 heavy (non-hydrogen) atoms. The van der Waals surface area contributed by atoms with Crippen LogP contribution in [0, 0.1) is 0 Å². The van der Waals surface area contributed by atoms with Crippen molar-refractivity contribution < 1.29 is 23.2 Å². The first-order valence-electron chi connectivity index (χ1n) is 16.9. The van der Waals surface area contributed by atoms with Gasteiger partial charge in [-0.05, 0) is 160 Å². The van der Waals surface area contributed by atoms with Crippen LogP contribution in [0.3, 0.4) is 0 Å². The maximum atomic E-state index is 12.9. The van der Waals surface area contributed by atoms with E-state index in [1.54, 1.807) is 0 Å². The molecule has 0 radical (unpaired) electrons. The van der Waals surface area contributed by atoms with Crippen LogP contribution in [0.1, 0.15) is 103 Å². The Balaban J connectivity index is 1.33. The summed E-state index contributed by atoms with van der Waals surface area (Å²) in [6.45, 7) is 1.50. The first-order valence-corrected chi connectivity index (χ1v) is 18.5. The minimum atomic E-state index is -2.40. The van der Waals surface area contributed by atoms with Gasteiger partial charge in [-0.15, -0.1) is 0 Å². The van der Waals surface area contributed by atoms with Crippen molar-refractivity contribution in [3.05, 3.63) is 72.8 Å². The zero-order valence-electron chi connectivity index (χ0n) is 26.2. The molecule has 0 amide bonds. The fourth-order valence-corrected chi connectivity index (χ4v) is 10.00. The van der Waals surface area contributed by atoms with Gasteiger partial charge in [0.2, 0.25) is 0 Å². The molecule has 3 aromatic rings. The Hall–Kier alpha value is -3.12. The summed E-state index contributed by atoms with van der Waals surface area (Å²) in [5.41, 5.74) is 0. The molecule has 6 heteroatoms. The molecule has 3 fully saturated rings. The SMILES string of the molecule is CC(=O)OS(c1ccc(OC2CCCCC2)cc1)(c1ccc(OC2CCCCC2)cc1)c1ccc(OC2CCCCC2)cc1. The van der Waals surface area contributed by atoms with E-state index >= 15 is 0 Å². The van der Waals surface area contributed by atoms with Crippen molar-refractivity contribution in [3.8, 4) is 17.2 Å². The predicted molar refractivity (Wildman–Crippen MR) is 176 cm³/mol. The van der Waals surface area contributed by atoms with Crippen molar-refractivity contribution in [2.45, 2.75) is 136 Å². The van der Waals surface area contributed by atoms with Gasteiger partial charge < -0.3 is 18.4 Å². The van der Waals surface area contributed by atoms with Gasteiger partial charge in [-0.3, -0.25) is 4.79 Å². The summed E-state index contributed by atoms with van der Waals surface area (Å²) < 4.78 is 25.6. The number of ether oxygens (including phenoxy) is 3. The summed E-state index contributed by atoms with van der Waals surface area (Å²) in [5, 5.41) is 0. The molecule has 3 aliphatic carbocycles. The van der Waals surface area contributed by atoms with E-state index in [9.17, 15) is 4.79 Å². The van der Waals surface area contributed by atoms with E-state index in [2.05, 4.69) is 36.4 Å². The van der Waals surface area contributed by atoms with E-state index in [0.29, 0.717) is 0 Å². The van der Waals surface area contributed by atoms with Crippen LogP contribution in [0.15, 0.2) is 87.5 Å². The van der Waals surface area contributed by atoms with Crippen molar-refractivity contribution in [3.63, 3.8) is 0 Å². The maximum absolute atomic E-state index is 12.9. The topological polar surface area (TPSA) is 54.0 Å². The van der Waals surface area contributed by atoms with E-state index in [-0.39, 0.29) is 24.3 Å². The molecule has 0 atom stereocenters. The van der Waals surface area contributed by atoms with Crippen LogP contribution >= 0.6 is 10.3 Å². The minimum Gasteiger partial charge on any atom is -0.490 e. The number of carbonyl (C=O) groups is 1. The highest BCUT2D eigenvalue weighted by Gasteiger charge is 2.35. The van der Waals surface area contributed by atoms with E-state index < -0.39 is 10.3 Å². The molecule has 3 saturated carbocycles. The normalized spacial score (nSPS) is 19.2. The molecule has 0 aliphatic heterocycles. The van der Waals surface area contributed by atoms with Gasteiger partial charge in [0.25, 0.3) is 0 Å². The van der Waals surface area contributed by atoms with Gasteiger partial charge in [-0.2, -0.15) is 0 Å². The first kappa shape index (κ1) is 30.9. The van der Waals surface area contributed by atoms with E-state index in [1.165, 1.54) is 64.7 Å².